The molecule has 0 aromatic heterocycles. The molecule has 0 bridgehead atoms. The van der Waals surface area contributed by atoms with Gasteiger partial charge in [0.05, 0.1) is 19.1 Å². The van der Waals surface area contributed by atoms with Crippen LogP contribution in [0.2, 0.25) is 19.6 Å². The Morgan fingerprint density at radius 2 is 2.07 bits per heavy atom. The van der Waals surface area contributed by atoms with Gasteiger partial charge < -0.3 is 10.5 Å². The number of ether oxygens (including phenoxy) is 1. The topological polar surface area (TPSA) is 52.3 Å². The van der Waals surface area contributed by atoms with Crippen molar-refractivity contribution in [3.63, 3.8) is 0 Å². The Labute approximate surface area is 87.0 Å². The molecule has 0 aliphatic rings. The number of carbonyl (C=O) groups excluding carboxylic acids is 1. The first kappa shape index (κ1) is 13.2. The van der Waals surface area contributed by atoms with Crippen molar-refractivity contribution in [2.75, 3.05) is 6.61 Å². The van der Waals surface area contributed by atoms with Crippen LogP contribution in [0.5, 0.6) is 0 Å². The monoisotopic (exact) mass is 213 g/mol. The van der Waals surface area contributed by atoms with E-state index < -0.39 is 8.07 Å². The molecule has 0 spiro atoms. The molecule has 0 aromatic carbocycles. The second-order valence-electron chi connectivity index (χ2n) is 4.13. The van der Waals surface area contributed by atoms with Crippen molar-refractivity contribution in [1.82, 2.24) is 0 Å². The predicted molar refractivity (Wildman–Crippen MR) is 60.3 cm³/mol. The minimum absolute atomic E-state index is 0.186. The first-order chi connectivity index (χ1) is 6.35. The summed E-state index contributed by atoms with van der Waals surface area (Å²) in [5, 5.41) is 0. The Hall–Kier alpha value is -0.793. The maximum absolute atomic E-state index is 11.0. The molecule has 0 heterocycles. The Balaban J connectivity index is 4.02. The molecule has 0 aromatic rings. The maximum Gasteiger partial charge on any atom is 0.308 e. The van der Waals surface area contributed by atoms with Crippen LogP contribution in [0.4, 0.5) is 0 Å². The van der Waals surface area contributed by atoms with Gasteiger partial charge in [0.25, 0.3) is 0 Å². The van der Waals surface area contributed by atoms with E-state index in [1.807, 2.05) is 0 Å². The normalized spacial score (nSPS) is 12.6. The number of esters is 1. The zero-order chi connectivity index (χ0) is 11.2. The summed E-state index contributed by atoms with van der Waals surface area (Å²) in [6.45, 7) is 8.58. The summed E-state index contributed by atoms with van der Waals surface area (Å²) in [4.78, 5) is 11.0. The highest BCUT2D eigenvalue weighted by atomic mass is 28.3. The fraction of sp³-hybridized carbons (Fsp3) is 0.700. The summed E-state index contributed by atoms with van der Waals surface area (Å²) < 4.78 is 4.77. The van der Waals surface area contributed by atoms with Crippen LogP contribution in [0, 0.1) is 11.5 Å². The lowest BCUT2D eigenvalue weighted by Gasteiger charge is -2.07. The third-order valence-corrected chi connectivity index (χ3v) is 2.22. The van der Waals surface area contributed by atoms with Gasteiger partial charge in [-0.05, 0) is 6.92 Å². The third-order valence-electron chi connectivity index (χ3n) is 1.32. The van der Waals surface area contributed by atoms with Gasteiger partial charge in [-0.25, -0.2) is 0 Å². The van der Waals surface area contributed by atoms with Gasteiger partial charge >= 0.3 is 5.97 Å². The summed E-state index contributed by atoms with van der Waals surface area (Å²) in [5.74, 6) is 2.63. The van der Waals surface area contributed by atoms with E-state index in [0.717, 1.165) is 0 Å². The summed E-state index contributed by atoms with van der Waals surface area (Å²) in [5.41, 5.74) is 8.79. The Bertz CT molecular complexity index is 247. The highest BCUT2D eigenvalue weighted by molar-refractivity contribution is 6.83. The van der Waals surface area contributed by atoms with E-state index in [1.165, 1.54) is 0 Å². The van der Waals surface area contributed by atoms with E-state index in [1.54, 1.807) is 6.92 Å². The number of nitrogens with two attached hydrogens (primary N) is 1. The molecule has 0 unspecified atom stereocenters. The lowest BCUT2D eigenvalue weighted by Crippen LogP contribution is -2.25. The smallest absolute Gasteiger partial charge is 0.308 e. The quantitative estimate of drug-likeness (QED) is 0.434. The van der Waals surface area contributed by atoms with Gasteiger partial charge in [0.15, 0.2) is 0 Å². The van der Waals surface area contributed by atoms with Crippen molar-refractivity contribution < 1.29 is 9.53 Å². The van der Waals surface area contributed by atoms with Gasteiger partial charge in [-0.2, -0.15) is 0 Å². The summed E-state index contributed by atoms with van der Waals surface area (Å²) in [7, 11) is -1.38. The molecule has 0 radical (unpaired) electrons. The molecule has 0 fully saturated rings. The van der Waals surface area contributed by atoms with E-state index in [0.29, 0.717) is 6.61 Å². The highest BCUT2D eigenvalue weighted by Crippen LogP contribution is 1.97. The number of carbonyl (C=O) groups is 1. The SMILES string of the molecule is CCOC(=O)C[C@@H](N)C#C[Si](C)(C)C. The van der Waals surface area contributed by atoms with Crippen LogP contribution < -0.4 is 5.73 Å². The standard InChI is InChI=1S/C10H19NO2Si/c1-5-13-10(12)8-9(11)6-7-14(2,3)4/h9H,5,8,11H2,1-4H3/t9-/m0/s1. The Kier molecular flexibility index (Phi) is 5.51. The van der Waals surface area contributed by atoms with Crippen LogP contribution in [0.25, 0.3) is 0 Å². The average Bonchev–Trinajstić information content (AvgIpc) is 2.00. The fourth-order valence-electron chi connectivity index (χ4n) is 0.760. The number of hydrogen-bond donors (Lipinski definition) is 1. The third kappa shape index (κ3) is 7.84. The van der Waals surface area contributed by atoms with Crippen molar-refractivity contribution in [2.24, 2.45) is 5.73 Å². The molecule has 1 atom stereocenters. The van der Waals surface area contributed by atoms with Crippen molar-refractivity contribution in [3.05, 3.63) is 0 Å². The second-order valence-corrected chi connectivity index (χ2v) is 8.88. The Morgan fingerprint density at radius 3 is 2.50 bits per heavy atom. The van der Waals surface area contributed by atoms with Crippen molar-refractivity contribution in [3.8, 4) is 11.5 Å². The van der Waals surface area contributed by atoms with Gasteiger partial charge in [0.1, 0.15) is 8.07 Å². The zero-order valence-electron chi connectivity index (χ0n) is 9.39. The van der Waals surface area contributed by atoms with Gasteiger partial charge in [0.2, 0.25) is 0 Å². The van der Waals surface area contributed by atoms with Gasteiger partial charge in [-0.3, -0.25) is 4.79 Å². The minimum atomic E-state index is -1.38. The van der Waals surface area contributed by atoms with Crippen LogP contribution in [-0.4, -0.2) is 26.7 Å². The minimum Gasteiger partial charge on any atom is -0.466 e. The molecule has 0 amide bonds. The lowest BCUT2D eigenvalue weighted by molar-refractivity contribution is -0.143. The average molecular weight is 213 g/mol. The van der Waals surface area contributed by atoms with Crippen molar-refractivity contribution >= 4 is 14.0 Å². The molecule has 2 N–H and O–H groups in total. The van der Waals surface area contributed by atoms with E-state index in [-0.39, 0.29) is 18.4 Å². The van der Waals surface area contributed by atoms with Crippen LogP contribution in [-0.2, 0) is 9.53 Å². The van der Waals surface area contributed by atoms with Crippen molar-refractivity contribution in [1.29, 1.82) is 0 Å². The molecule has 0 saturated carbocycles. The predicted octanol–water partition coefficient (Wildman–Crippen LogP) is 1.15. The van der Waals surface area contributed by atoms with E-state index in [2.05, 4.69) is 31.1 Å². The van der Waals surface area contributed by atoms with Crippen LogP contribution >= 0.6 is 0 Å². The first-order valence-corrected chi connectivity index (χ1v) is 8.29. The molecule has 80 valence electrons. The van der Waals surface area contributed by atoms with Gasteiger partial charge in [0, 0.05) is 0 Å². The molecule has 0 rings (SSSR count). The Morgan fingerprint density at radius 1 is 1.50 bits per heavy atom. The number of hydrogen-bond acceptors (Lipinski definition) is 3. The van der Waals surface area contributed by atoms with Crippen LogP contribution in [0.1, 0.15) is 13.3 Å². The largest absolute Gasteiger partial charge is 0.466 e. The molecular weight excluding hydrogens is 194 g/mol. The molecule has 0 aliphatic carbocycles. The summed E-state index contributed by atoms with van der Waals surface area (Å²) in [6, 6.07) is -0.388. The summed E-state index contributed by atoms with van der Waals surface area (Å²) in [6.07, 6.45) is 0.186. The molecule has 14 heavy (non-hydrogen) atoms. The second kappa shape index (κ2) is 5.84. The molecular formula is C10H19NO2Si. The van der Waals surface area contributed by atoms with Crippen LogP contribution in [0.15, 0.2) is 0 Å². The zero-order valence-corrected chi connectivity index (χ0v) is 10.4. The van der Waals surface area contributed by atoms with Gasteiger partial charge in [-0.15, -0.1) is 5.54 Å². The lowest BCUT2D eigenvalue weighted by atomic mass is 10.2. The molecule has 0 saturated heterocycles. The fourth-order valence-corrected chi connectivity index (χ4v) is 1.38. The number of rotatable bonds is 3. The first-order valence-electron chi connectivity index (χ1n) is 4.79. The summed E-state index contributed by atoms with van der Waals surface area (Å²) >= 11 is 0. The maximum atomic E-state index is 11.0. The van der Waals surface area contributed by atoms with E-state index in [9.17, 15) is 4.79 Å². The molecule has 0 aliphatic heterocycles. The van der Waals surface area contributed by atoms with E-state index >= 15 is 0 Å². The highest BCUT2D eigenvalue weighted by Gasteiger charge is 2.10. The molecule has 4 heteroatoms. The molecule has 3 nitrogen and oxygen atoms in total. The van der Waals surface area contributed by atoms with Crippen LogP contribution in [0.3, 0.4) is 0 Å². The van der Waals surface area contributed by atoms with E-state index in [4.69, 9.17) is 10.5 Å². The van der Waals surface area contributed by atoms with Gasteiger partial charge in [-0.1, -0.05) is 25.6 Å². The van der Waals surface area contributed by atoms with Crippen molar-refractivity contribution in [2.45, 2.75) is 39.0 Å².